The fraction of sp³-hybridized carbons (Fsp3) is 0.259. The van der Waals surface area contributed by atoms with Gasteiger partial charge in [-0.25, -0.2) is 4.79 Å². The second kappa shape index (κ2) is 9.21. The van der Waals surface area contributed by atoms with Crippen LogP contribution in [0.4, 0.5) is 10.5 Å². The lowest BCUT2D eigenvalue weighted by Crippen LogP contribution is -2.61. The van der Waals surface area contributed by atoms with Crippen molar-refractivity contribution in [3.8, 4) is 11.1 Å². The minimum absolute atomic E-state index is 0.0605. The van der Waals surface area contributed by atoms with E-state index in [-0.39, 0.29) is 24.9 Å². The number of ether oxygens (including phenoxy) is 1. The number of fused-ring (bicyclic) bond motifs is 3. The van der Waals surface area contributed by atoms with E-state index >= 15 is 0 Å². The highest BCUT2D eigenvalue weighted by Crippen LogP contribution is 2.44. The van der Waals surface area contributed by atoms with Crippen molar-refractivity contribution in [3.63, 3.8) is 0 Å². The number of alkyl carbamates (subject to hydrolysis) is 1. The van der Waals surface area contributed by atoms with Gasteiger partial charge >= 0.3 is 12.1 Å². The van der Waals surface area contributed by atoms with E-state index in [1.165, 1.54) is 6.20 Å². The Bertz CT molecular complexity index is 1240. The molecule has 35 heavy (non-hydrogen) atoms. The first-order valence-corrected chi connectivity index (χ1v) is 11.6. The summed E-state index contributed by atoms with van der Waals surface area (Å²) in [7, 11) is 0. The van der Waals surface area contributed by atoms with E-state index in [4.69, 9.17) is 9.84 Å². The number of carbonyl (C=O) groups is 3. The quantitative estimate of drug-likeness (QED) is 0.477. The number of carbonyl (C=O) groups excluding carboxylic acids is 2. The number of pyridine rings is 1. The largest absolute Gasteiger partial charge is 0.481 e. The van der Waals surface area contributed by atoms with E-state index < -0.39 is 17.6 Å². The number of aliphatic carboxylic acids is 1. The summed E-state index contributed by atoms with van der Waals surface area (Å²) in [5.74, 6) is -1.38. The zero-order valence-corrected chi connectivity index (χ0v) is 19.0. The Morgan fingerprint density at radius 3 is 2.17 bits per heavy atom. The Hall–Kier alpha value is -4.20. The van der Waals surface area contributed by atoms with Gasteiger partial charge in [-0.2, -0.15) is 0 Å². The van der Waals surface area contributed by atoms with Gasteiger partial charge in [-0.1, -0.05) is 48.5 Å². The summed E-state index contributed by atoms with van der Waals surface area (Å²) in [6.45, 7) is 0.173. The molecule has 5 rings (SSSR count). The number of amides is 2. The van der Waals surface area contributed by atoms with Crippen LogP contribution in [0.25, 0.3) is 11.1 Å². The van der Waals surface area contributed by atoms with Crippen molar-refractivity contribution >= 4 is 23.7 Å². The first kappa shape index (κ1) is 22.6. The van der Waals surface area contributed by atoms with Gasteiger partial charge in [0.1, 0.15) is 12.1 Å². The lowest BCUT2D eigenvalue weighted by atomic mass is 9.76. The van der Waals surface area contributed by atoms with E-state index in [9.17, 15) is 14.4 Å². The van der Waals surface area contributed by atoms with Crippen LogP contribution in [0, 0.1) is 0 Å². The number of anilines is 1. The topological polar surface area (TPSA) is 118 Å². The molecule has 0 radical (unpaired) electrons. The van der Waals surface area contributed by atoms with Crippen molar-refractivity contribution in [3.05, 3.63) is 83.7 Å². The summed E-state index contributed by atoms with van der Waals surface area (Å²) in [5.41, 5.74) is 4.33. The molecule has 2 aromatic carbocycles. The van der Waals surface area contributed by atoms with Crippen LogP contribution in [0.1, 0.15) is 42.0 Å². The second-order valence-electron chi connectivity index (χ2n) is 8.95. The van der Waals surface area contributed by atoms with Crippen LogP contribution in [0.3, 0.4) is 0 Å². The number of carboxylic acid groups (broad SMARTS) is 1. The molecule has 1 fully saturated rings. The predicted octanol–water partition coefficient (Wildman–Crippen LogP) is 4.11. The van der Waals surface area contributed by atoms with Crippen LogP contribution in [0.2, 0.25) is 0 Å². The van der Waals surface area contributed by atoms with Gasteiger partial charge in [0.15, 0.2) is 0 Å². The van der Waals surface area contributed by atoms with Crippen molar-refractivity contribution < 1.29 is 24.2 Å². The summed E-state index contributed by atoms with van der Waals surface area (Å²) >= 11 is 0. The summed E-state index contributed by atoms with van der Waals surface area (Å²) in [6, 6.07) is 19.4. The molecule has 1 heterocycles. The van der Waals surface area contributed by atoms with Gasteiger partial charge in [-0.15, -0.1) is 0 Å². The van der Waals surface area contributed by atoms with Crippen molar-refractivity contribution in [2.24, 2.45) is 0 Å². The maximum absolute atomic E-state index is 13.0. The minimum Gasteiger partial charge on any atom is -0.481 e. The first-order chi connectivity index (χ1) is 16.9. The first-order valence-electron chi connectivity index (χ1n) is 11.6. The minimum atomic E-state index is -1.04. The average Bonchev–Trinajstić information content (AvgIpc) is 3.15. The molecule has 0 unspecified atom stereocenters. The average molecular weight is 472 g/mol. The number of benzene rings is 2. The van der Waals surface area contributed by atoms with Crippen molar-refractivity contribution in [1.82, 2.24) is 10.3 Å². The zero-order valence-electron chi connectivity index (χ0n) is 19.0. The zero-order chi connectivity index (χ0) is 24.4. The molecule has 0 aliphatic heterocycles. The summed E-state index contributed by atoms with van der Waals surface area (Å²) in [5, 5.41) is 14.4. The highest BCUT2D eigenvalue weighted by atomic mass is 16.5. The van der Waals surface area contributed by atoms with Crippen LogP contribution in [-0.4, -0.2) is 40.2 Å². The number of hydrogen-bond donors (Lipinski definition) is 3. The number of carboxylic acids is 1. The Balaban J connectivity index is 1.22. The maximum Gasteiger partial charge on any atom is 0.408 e. The van der Waals surface area contributed by atoms with E-state index in [1.54, 1.807) is 12.1 Å². The van der Waals surface area contributed by atoms with Crippen LogP contribution >= 0.6 is 0 Å². The van der Waals surface area contributed by atoms with E-state index in [0.717, 1.165) is 28.7 Å². The molecule has 3 aromatic rings. The van der Waals surface area contributed by atoms with Gasteiger partial charge < -0.3 is 20.5 Å². The highest BCUT2D eigenvalue weighted by Gasteiger charge is 2.46. The highest BCUT2D eigenvalue weighted by molar-refractivity contribution is 6.00. The summed E-state index contributed by atoms with van der Waals surface area (Å²) < 4.78 is 5.63. The second-order valence-corrected chi connectivity index (χ2v) is 8.95. The number of nitrogens with one attached hydrogen (secondary N) is 2. The molecule has 0 saturated heterocycles. The van der Waals surface area contributed by atoms with Gasteiger partial charge in [0.25, 0.3) is 0 Å². The Kier molecular flexibility index (Phi) is 5.94. The van der Waals surface area contributed by atoms with Crippen LogP contribution in [-0.2, 0) is 20.7 Å². The number of rotatable bonds is 7. The monoisotopic (exact) mass is 471 g/mol. The molecular formula is C27H25N3O5. The third-order valence-electron chi connectivity index (χ3n) is 6.74. The fourth-order valence-corrected chi connectivity index (χ4v) is 4.78. The van der Waals surface area contributed by atoms with Crippen molar-refractivity contribution in [2.45, 2.75) is 37.1 Å². The van der Waals surface area contributed by atoms with Crippen LogP contribution in [0.5, 0.6) is 0 Å². The Morgan fingerprint density at radius 2 is 1.63 bits per heavy atom. The number of aromatic nitrogens is 1. The molecular weight excluding hydrogens is 446 g/mol. The van der Waals surface area contributed by atoms with Gasteiger partial charge in [0.2, 0.25) is 5.91 Å². The van der Waals surface area contributed by atoms with Gasteiger partial charge in [-0.05, 0) is 53.6 Å². The lowest BCUT2D eigenvalue weighted by Gasteiger charge is -2.40. The van der Waals surface area contributed by atoms with E-state index in [0.29, 0.717) is 24.2 Å². The van der Waals surface area contributed by atoms with Gasteiger partial charge in [0, 0.05) is 5.92 Å². The SMILES string of the molecule is O=C(O)Cc1ccc(NC(=O)C2(NC(=O)OCC3c4ccccc4-c4ccccc43)CCC2)cn1. The molecule has 2 aliphatic carbocycles. The molecule has 2 aliphatic rings. The maximum atomic E-state index is 13.0. The third-order valence-corrected chi connectivity index (χ3v) is 6.74. The molecule has 178 valence electrons. The van der Waals surface area contributed by atoms with Gasteiger partial charge in [-0.3, -0.25) is 14.6 Å². The normalized spacial score (nSPS) is 15.3. The van der Waals surface area contributed by atoms with Crippen molar-refractivity contribution in [2.75, 3.05) is 11.9 Å². The predicted molar refractivity (Wildman–Crippen MR) is 129 cm³/mol. The molecule has 8 nitrogen and oxygen atoms in total. The molecule has 8 heteroatoms. The van der Waals surface area contributed by atoms with Crippen molar-refractivity contribution in [1.29, 1.82) is 0 Å². The summed E-state index contributed by atoms with van der Waals surface area (Å²) in [6.07, 6.45) is 2.42. The molecule has 0 atom stereocenters. The van der Waals surface area contributed by atoms with Crippen LogP contribution < -0.4 is 10.6 Å². The summed E-state index contributed by atoms with van der Waals surface area (Å²) in [4.78, 5) is 40.6. The molecule has 2 amide bonds. The van der Waals surface area contributed by atoms with Crippen LogP contribution in [0.15, 0.2) is 66.9 Å². The molecule has 3 N–H and O–H groups in total. The Labute approximate surface area is 202 Å². The molecule has 0 spiro atoms. The third kappa shape index (κ3) is 4.47. The fourth-order valence-electron chi connectivity index (χ4n) is 4.78. The van der Waals surface area contributed by atoms with E-state index in [1.807, 2.05) is 24.3 Å². The standard InChI is InChI=1S/C27H25N3O5/c31-24(32)14-17-10-11-18(15-28-17)29-25(33)27(12-5-13-27)30-26(34)35-16-23-21-8-3-1-6-19(21)20-7-2-4-9-22(20)23/h1-4,6-11,15,23H,5,12-14,16H2,(H,29,33)(H,30,34)(H,31,32). The smallest absolute Gasteiger partial charge is 0.408 e. The van der Waals surface area contributed by atoms with E-state index in [2.05, 4.69) is 39.9 Å². The number of nitrogens with zero attached hydrogens (tertiary/aromatic N) is 1. The molecule has 1 aromatic heterocycles. The molecule has 0 bridgehead atoms. The lowest BCUT2D eigenvalue weighted by molar-refractivity contribution is -0.136. The Morgan fingerprint density at radius 1 is 0.971 bits per heavy atom. The molecule has 1 saturated carbocycles. The number of hydrogen-bond acceptors (Lipinski definition) is 5. The van der Waals surface area contributed by atoms with Gasteiger partial charge in [0.05, 0.1) is 24.0 Å².